The molecule has 0 unspecified atom stereocenters. The van der Waals surface area contributed by atoms with Crippen molar-refractivity contribution in [3.05, 3.63) is 12.2 Å². The van der Waals surface area contributed by atoms with Gasteiger partial charge in [0.15, 0.2) is 11.8 Å². The van der Waals surface area contributed by atoms with Gasteiger partial charge in [-0.1, -0.05) is 0 Å². The van der Waals surface area contributed by atoms with Crippen molar-refractivity contribution in [3.63, 3.8) is 0 Å². The number of aryl methyl sites for hydroxylation is 1. The Morgan fingerprint density at radius 1 is 1.35 bits per heavy atom. The van der Waals surface area contributed by atoms with Crippen LogP contribution < -0.4 is 5.32 Å². The predicted molar refractivity (Wildman–Crippen MR) is 99.2 cm³/mol. The van der Waals surface area contributed by atoms with Gasteiger partial charge in [-0.05, 0) is 13.8 Å². The molecule has 2 rings (SSSR count). The van der Waals surface area contributed by atoms with Gasteiger partial charge in [-0.15, -0.1) is 10.2 Å². The Morgan fingerprint density at radius 3 is 2.58 bits per heavy atom. The number of ether oxygens (including phenoxy) is 1. The van der Waals surface area contributed by atoms with E-state index in [1.807, 2.05) is 30.4 Å². The van der Waals surface area contributed by atoms with Crippen molar-refractivity contribution in [3.8, 4) is 0 Å². The molecule has 1 aliphatic heterocycles. The van der Waals surface area contributed by atoms with Crippen molar-refractivity contribution in [2.24, 2.45) is 12.0 Å². The molecule has 0 aliphatic carbocycles. The lowest BCUT2D eigenvalue weighted by atomic mass is 10.4. The Bertz CT molecular complexity index is 694. The maximum absolute atomic E-state index is 12.4. The second-order valence-corrected chi connectivity index (χ2v) is 8.47. The van der Waals surface area contributed by atoms with E-state index in [-0.39, 0.29) is 18.5 Å². The third-order valence-electron chi connectivity index (χ3n) is 4.15. The van der Waals surface area contributed by atoms with E-state index in [9.17, 15) is 8.42 Å². The molecule has 1 aromatic heterocycles. The SMILES string of the molecule is CN=C(NCc1nncn1C)N1CCN(S(=O)(=O)CCOC(C)C)CC1. The summed E-state index contributed by atoms with van der Waals surface area (Å²) < 4.78 is 33.5. The lowest BCUT2D eigenvalue weighted by molar-refractivity contribution is 0.0904. The van der Waals surface area contributed by atoms with E-state index in [1.165, 1.54) is 4.31 Å². The monoisotopic (exact) mass is 387 g/mol. The predicted octanol–water partition coefficient (Wildman–Crippen LogP) is -0.737. The molecule has 2 heterocycles. The lowest BCUT2D eigenvalue weighted by Gasteiger charge is -2.35. The fourth-order valence-corrected chi connectivity index (χ4v) is 3.94. The molecule has 1 saturated heterocycles. The first-order valence-corrected chi connectivity index (χ1v) is 10.3. The van der Waals surface area contributed by atoms with Gasteiger partial charge in [0.05, 0.1) is 25.0 Å². The summed E-state index contributed by atoms with van der Waals surface area (Å²) in [4.78, 5) is 6.33. The number of hydrogen-bond donors (Lipinski definition) is 1. The average molecular weight is 388 g/mol. The van der Waals surface area contributed by atoms with Crippen LogP contribution in [0.1, 0.15) is 19.7 Å². The largest absolute Gasteiger partial charge is 0.378 e. The van der Waals surface area contributed by atoms with E-state index in [4.69, 9.17) is 4.74 Å². The van der Waals surface area contributed by atoms with Gasteiger partial charge < -0.3 is 19.5 Å². The van der Waals surface area contributed by atoms with Gasteiger partial charge in [-0.3, -0.25) is 4.99 Å². The molecule has 1 aliphatic rings. The van der Waals surface area contributed by atoms with Crippen molar-refractivity contribution < 1.29 is 13.2 Å². The summed E-state index contributed by atoms with van der Waals surface area (Å²) in [5.41, 5.74) is 0. The molecule has 10 nitrogen and oxygen atoms in total. The fraction of sp³-hybridized carbons (Fsp3) is 0.800. The van der Waals surface area contributed by atoms with Gasteiger partial charge in [0, 0.05) is 40.3 Å². The molecule has 26 heavy (non-hydrogen) atoms. The van der Waals surface area contributed by atoms with Gasteiger partial charge in [-0.2, -0.15) is 4.31 Å². The summed E-state index contributed by atoms with van der Waals surface area (Å²) in [7, 11) is 0.307. The van der Waals surface area contributed by atoms with Crippen LogP contribution in [0.2, 0.25) is 0 Å². The first-order valence-electron chi connectivity index (χ1n) is 8.71. The standard InChI is InChI=1S/C15H29N7O3S/c1-13(2)25-9-10-26(23,24)22-7-5-21(6-8-22)15(16-3)17-11-14-19-18-12-20(14)4/h12-13H,5-11H2,1-4H3,(H,16,17). The van der Waals surface area contributed by atoms with Crippen LogP contribution in [0.3, 0.4) is 0 Å². The van der Waals surface area contributed by atoms with Gasteiger partial charge in [-0.25, -0.2) is 8.42 Å². The molecular weight excluding hydrogens is 358 g/mol. The normalized spacial score (nSPS) is 17.1. The Morgan fingerprint density at radius 2 is 2.04 bits per heavy atom. The third-order valence-corrected chi connectivity index (χ3v) is 5.98. The highest BCUT2D eigenvalue weighted by Gasteiger charge is 2.28. The van der Waals surface area contributed by atoms with Crippen LogP contribution in [-0.2, 0) is 28.4 Å². The van der Waals surface area contributed by atoms with Gasteiger partial charge >= 0.3 is 0 Å². The first kappa shape index (κ1) is 20.6. The van der Waals surface area contributed by atoms with Crippen LogP contribution in [0.4, 0.5) is 0 Å². The van der Waals surface area contributed by atoms with Crippen molar-refractivity contribution in [2.45, 2.75) is 26.5 Å². The number of rotatable bonds is 7. The molecule has 0 atom stereocenters. The van der Waals surface area contributed by atoms with E-state index in [0.717, 1.165) is 11.8 Å². The number of guanidine groups is 1. The molecule has 0 radical (unpaired) electrons. The molecular formula is C15H29N7O3S. The van der Waals surface area contributed by atoms with E-state index in [0.29, 0.717) is 32.7 Å². The van der Waals surface area contributed by atoms with E-state index in [1.54, 1.807) is 13.4 Å². The quantitative estimate of drug-likeness (QED) is 0.485. The minimum atomic E-state index is -3.29. The zero-order valence-corrected chi connectivity index (χ0v) is 16.7. The molecule has 0 amide bonds. The zero-order valence-electron chi connectivity index (χ0n) is 15.9. The van der Waals surface area contributed by atoms with Crippen LogP contribution >= 0.6 is 0 Å². The topological polar surface area (TPSA) is 105 Å². The molecule has 11 heteroatoms. The van der Waals surface area contributed by atoms with Crippen LogP contribution in [0.15, 0.2) is 11.3 Å². The molecule has 1 N–H and O–H groups in total. The highest BCUT2D eigenvalue weighted by atomic mass is 32.2. The maximum atomic E-state index is 12.4. The number of piperazine rings is 1. The molecule has 1 fully saturated rings. The first-order chi connectivity index (χ1) is 12.3. The number of aromatic nitrogens is 3. The average Bonchev–Trinajstić information content (AvgIpc) is 3.00. The smallest absolute Gasteiger partial charge is 0.216 e. The van der Waals surface area contributed by atoms with Crippen molar-refractivity contribution in [1.82, 2.24) is 29.3 Å². The van der Waals surface area contributed by atoms with Gasteiger partial charge in [0.25, 0.3) is 0 Å². The summed E-state index contributed by atoms with van der Waals surface area (Å²) in [6.07, 6.45) is 1.68. The third kappa shape index (κ3) is 5.64. The minimum absolute atomic E-state index is 0.0182. The van der Waals surface area contributed by atoms with Crippen LogP contribution in [0.5, 0.6) is 0 Å². The maximum Gasteiger partial charge on any atom is 0.216 e. The number of hydrogen-bond acceptors (Lipinski definition) is 6. The number of nitrogens with one attached hydrogen (secondary N) is 1. The molecule has 0 bridgehead atoms. The second-order valence-electron chi connectivity index (χ2n) is 6.38. The van der Waals surface area contributed by atoms with Gasteiger partial charge in [0.2, 0.25) is 10.0 Å². The van der Waals surface area contributed by atoms with E-state index >= 15 is 0 Å². The molecule has 148 valence electrons. The summed E-state index contributed by atoms with van der Waals surface area (Å²) in [6.45, 7) is 6.57. The molecule has 1 aromatic rings. The lowest BCUT2D eigenvalue weighted by Crippen LogP contribution is -2.54. The fourth-order valence-electron chi connectivity index (χ4n) is 2.65. The second kappa shape index (κ2) is 9.28. The van der Waals surface area contributed by atoms with Crippen LogP contribution in [0.25, 0.3) is 0 Å². The Balaban J connectivity index is 1.83. The van der Waals surface area contributed by atoms with Crippen LogP contribution in [0, 0.1) is 0 Å². The Hall–Kier alpha value is -1.72. The summed E-state index contributed by atoms with van der Waals surface area (Å²) in [6, 6.07) is 0. The Kier molecular flexibility index (Phi) is 7.35. The Labute approximate surface area is 155 Å². The van der Waals surface area contributed by atoms with Crippen molar-refractivity contribution in [1.29, 1.82) is 0 Å². The minimum Gasteiger partial charge on any atom is -0.378 e. The highest BCUT2D eigenvalue weighted by Crippen LogP contribution is 2.09. The number of aliphatic imine (C=N–C) groups is 1. The zero-order chi connectivity index (χ0) is 19.2. The number of nitrogens with zero attached hydrogens (tertiary/aromatic N) is 6. The van der Waals surface area contributed by atoms with Gasteiger partial charge in [0.1, 0.15) is 6.33 Å². The van der Waals surface area contributed by atoms with E-state index < -0.39 is 10.0 Å². The van der Waals surface area contributed by atoms with Crippen molar-refractivity contribution >= 4 is 16.0 Å². The summed E-state index contributed by atoms with van der Waals surface area (Å²) in [5, 5.41) is 11.1. The molecule has 0 saturated carbocycles. The summed E-state index contributed by atoms with van der Waals surface area (Å²) in [5.74, 6) is 1.55. The molecule has 0 aromatic carbocycles. The van der Waals surface area contributed by atoms with Crippen LogP contribution in [-0.4, -0.2) is 90.0 Å². The highest BCUT2D eigenvalue weighted by molar-refractivity contribution is 7.89. The van der Waals surface area contributed by atoms with Crippen molar-refractivity contribution in [2.75, 3.05) is 45.6 Å². The molecule has 0 spiro atoms. The summed E-state index contributed by atoms with van der Waals surface area (Å²) >= 11 is 0. The number of sulfonamides is 1. The van der Waals surface area contributed by atoms with E-state index in [2.05, 4.69) is 20.5 Å².